The average Bonchev–Trinajstić information content (AvgIpc) is 2.66. The molecule has 3 nitrogen and oxygen atoms in total. The minimum absolute atomic E-state index is 0.0979. The first-order valence-electron chi connectivity index (χ1n) is 6.38. The van der Waals surface area contributed by atoms with Gasteiger partial charge in [0.2, 0.25) is 11.8 Å². The topological polar surface area (TPSA) is 37.4 Å². The molecule has 0 saturated carbocycles. The largest absolute Gasteiger partial charge is 0.274 e. The fraction of sp³-hybridized carbons (Fsp3) is 0.333. The highest BCUT2D eigenvalue weighted by Crippen LogP contribution is 2.38. The zero-order valence-electron chi connectivity index (χ0n) is 10.6. The molecule has 2 atom stereocenters. The lowest BCUT2D eigenvalue weighted by molar-refractivity contribution is -0.122. The van der Waals surface area contributed by atoms with Gasteiger partial charge < -0.3 is 0 Å². The van der Waals surface area contributed by atoms with E-state index in [9.17, 15) is 9.59 Å². The van der Waals surface area contributed by atoms with E-state index in [0.717, 1.165) is 5.56 Å². The number of hydrogen-bond donors (Lipinski definition) is 0. The lowest BCUT2D eigenvalue weighted by atomic mass is 9.85. The number of allylic oxidation sites excluding steroid dienone is 2. The lowest BCUT2D eigenvalue weighted by Gasteiger charge is -2.15. The third-order valence-corrected chi connectivity index (χ3v) is 4.33. The number of carbonyl (C=O) groups excluding carboxylic acids is 2. The zero-order valence-corrected chi connectivity index (χ0v) is 11.4. The van der Waals surface area contributed by atoms with Crippen LogP contribution in [0.15, 0.2) is 30.4 Å². The van der Waals surface area contributed by atoms with Gasteiger partial charge in [-0.25, -0.2) is 4.90 Å². The number of fused-ring (bicyclic) bond motifs is 1. The molecule has 2 amide bonds. The van der Waals surface area contributed by atoms with Crippen molar-refractivity contribution in [2.45, 2.75) is 19.8 Å². The smallest absolute Gasteiger partial charge is 0.238 e. The lowest BCUT2D eigenvalue weighted by Crippen LogP contribution is -2.30. The summed E-state index contributed by atoms with van der Waals surface area (Å²) in [5.41, 5.74) is 1.52. The molecule has 1 aliphatic carbocycles. The van der Waals surface area contributed by atoms with Gasteiger partial charge in [-0.15, -0.1) is 0 Å². The number of imide groups is 1. The molecule has 0 aromatic heterocycles. The summed E-state index contributed by atoms with van der Waals surface area (Å²) in [6.45, 7) is 1.89. The van der Waals surface area contributed by atoms with Crippen LogP contribution in [-0.4, -0.2) is 11.8 Å². The third-order valence-electron chi connectivity index (χ3n) is 3.92. The molecule has 1 aliphatic heterocycles. The van der Waals surface area contributed by atoms with E-state index in [1.165, 1.54) is 4.90 Å². The summed E-state index contributed by atoms with van der Waals surface area (Å²) in [5.74, 6) is -0.589. The van der Waals surface area contributed by atoms with Gasteiger partial charge in [-0.1, -0.05) is 29.8 Å². The Morgan fingerprint density at radius 2 is 1.68 bits per heavy atom. The van der Waals surface area contributed by atoms with Crippen LogP contribution >= 0.6 is 11.6 Å². The second-order valence-electron chi connectivity index (χ2n) is 5.10. The minimum atomic E-state index is -0.197. The number of hydrogen-bond acceptors (Lipinski definition) is 2. The molecule has 1 saturated heterocycles. The van der Waals surface area contributed by atoms with Crippen molar-refractivity contribution in [1.82, 2.24) is 0 Å². The van der Waals surface area contributed by atoms with E-state index in [1.54, 1.807) is 12.1 Å². The maximum Gasteiger partial charge on any atom is 0.238 e. The van der Waals surface area contributed by atoms with Gasteiger partial charge in [-0.2, -0.15) is 0 Å². The van der Waals surface area contributed by atoms with Gasteiger partial charge in [0, 0.05) is 5.02 Å². The summed E-state index contributed by atoms with van der Waals surface area (Å²) in [5, 5.41) is 0.575. The molecule has 0 spiro atoms. The molecule has 0 bridgehead atoms. The second kappa shape index (κ2) is 4.49. The van der Waals surface area contributed by atoms with E-state index in [2.05, 4.69) is 0 Å². The number of rotatable bonds is 1. The molecule has 1 aromatic carbocycles. The van der Waals surface area contributed by atoms with Crippen molar-refractivity contribution in [1.29, 1.82) is 0 Å². The van der Waals surface area contributed by atoms with Crippen LogP contribution < -0.4 is 4.90 Å². The highest BCUT2D eigenvalue weighted by atomic mass is 35.5. The van der Waals surface area contributed by atoms with Crippen LogP contribution in [0.3, 0.4) is 0 Å². The molecule has 4 heteroatoms. The molecule has 2 aliphatic rings. The van der Waals surface area contributed by atoms with Crippen molar-refractivity contribution >= 4 is 29.1 Å². The van der Waals surface area contributed by atoms with Crippen LogP contribution in [0, 0.1) is 18.8 Å². The molecular formula is C15H14ClNO2. The van der Waals surface area contributed by atoms with Gasteiger partial charge in [0.05, 0.1) is 17.5 Å². The van der Waals surface area contributed by atoms with E-state index in [0.29, 0.717) is 23.6 Å². The van der Waals surface area contributed by atoms with E-state index in [1.807, 2.05) is 25.1 Å². The first kappa shape index (κ1) is 12.4. The highest BCUT2D eigenvalue weighted by molar-refractivity contribution is 6.32. The molecule has 0 radical (unpaired) electrons. The summed E-state index contributed by atoms with van der Waals surface area (Å²) in [6, 6.07) is 5.30. The molecule has 0 N–H and O–H groups in total. The SMILES string of the molecule is Cc1ccc(N2C(=O)[C@H]3CC=CC[C@H]3C2=O)cc1Cl. The van der Waals surface area contributed by atoms with Gasteiger partial charge in [0.25, 0.3) is 0 Å². The number of benzene rings is 1. The van der Waals surface area contributed by atoms with Gasteiger partial charge in [-0.3, -0.25) is 9.59 Å². The Labute approximate surface area is 116 Å². The third kappa shape index (κ3) is 1.89. The number of aryl methyl sites for hydroxylation is 1. The average molecular weight is 276 g/mol. The van der Waals surface area contributed by atoms with Crippen LogP contribution in [0.1, 0.15) is 18.4 Å². The molecular weight excluding hydrogens is 262 g/mol. The fourth-order valence-electron chi connectivity index (χ4n) is 2.78. The first-order chi connectivity index (χ1) is 9.09. The number of carbonyl (C=O) groups is 2. The summed E-state index contributed by atoms with van der Waals surface area (Å²) >= 11 is 6.08. The standard InChI is InChI=1S/C15H14ClNO2/c1-9-6-7-10(8-13(9)16)17-14(18)11-4-2-3-5-12(11)15(17)19/h2-3,6-8,11-12H,4-5H2,1H3/t11-,12+. The Hall–Kier alpha value is -1.61. The van der Waals surface area contributed by atoms with Crippen LogP contribution in [-0.2, 0) is 9.59 Å². The Bertz CT molecular complexity index is 568. The Morgan fingerprint density at radius 1 is 1.11 bits per heavy atom. The van der Waals surface area contributed by atoms with Gasteiger partial charge in [0.1, 0.15) is 0 Å². The van der Waals surface area contributed by atoms with Crippen molar-refractivity contribution in [3.8, 4) is 0 Å². The predicted octanol–water partition coefficient (Wildman–Crippen LogP) is 3.10. The second-order valence-corrected chi connectivity index (χ2v) is 5.51. The molecule has 98 valence electrons. The highest BCUT2D eigenvalue weighted by Gasteiger charge is 2.47. The predicted molar refractivity (Wildman–Crippen MR) is 74.0 cm³/mol. The molecule has 1 fully saturated rings. The van der Waals surface area contributed by atoms with Gasteiger partial charge in [0.15, 0.2) is 0 Å². The monoisotopic (exact) mass is 275 g/mol. The van der Waals surface area contributed by atoms with E-state index < -0.39 is 0 Å². The van der Waals surface area contributed by atoms with Crippen molar-refractivity contribution in [2.75, 3.05) is 4.90 Å². The van der Waals surface area contributed by atoms with Crippen molar-refractivity contribution in [3.63, 3.8) is 0 Å². The Balaban J connectivity index is 1.99. The number of halogens is 1. The van der Waals surface area contributed by atoms with Gasteiger partial charge in [-0.05, 0) is 37.5 Å². The summed E-state index contributed by atoms with van der Waals surface area (Å²) < 4.78 is 0. The fourth-order valence-corrected chi connectivity index (χ4v) is 2.95. The Kier molecular flexibility index (Phi) is 2.94. The minimum Gasteiger partial charge on any atom is -0.274 e. The van der Waals surface area contributed by atoms with Crippen molar-refractivity contribution < 1.29 is 9.59 Å². The van der Waals surface area contributed by atoms with E-state index >= 15 is 0 Å². The molecule has 3 rings (SSSR count). The van der Waals surface area contributed by atoms with Crippen LogP contribution in [0.2, 0.25) is 5.02 Å². The molecule has 1 aromatic rings. The summed E-state index contributed by atoms with van der Waals surface area (Å²) in [4.78, 5) is 26.0. The van der Waals surface area contributed by atoms with Crippen LogP contribution in [0.5, 0.6) is 0 Å². The van der Waals surface area contributed by atoms with Crippen molar-refractivity contribution in [2.24, 2.45) is 11.8 Å². The van der Waals surface area contributed by atoms with Crippen LogP contribution in [0.25, 0.3) is 0 Å². The van der Waals surface area contributed by atoms with Gasteiger partial charge >= 0.3 is 0 Å². The quantitative estimate of drug-likeness (QED) is 0.583. The van der Waals surface area contributed by atoms with Crippen molar-refractivity contribution in [3.05, 3.63) is 40.9 Å². The maximum absolute atomic E-state index is 12.4. The maximum atomic E-state index is 12.4. The number of nitrogens with zero attached hydrogens (tertiary/aromatic N) is 1. The van der Waals surface area contributed by atoms with E-state index in [4.69, 9.17) is 11.6 Å². The normalized spacial score (nSPS) is 25.9. The number of amides is 2. The molecule has 1 heterocycles. The first-order valence-corrected chi connectivity index (χ1v) is 6.76. The molecule has 19 heavy (non-hydrogen) atoms. The molecule has 0 unspecified atom stereocenters. The van der Waals surface area contributed by atoms with E-state index in [-0.39, 0.29) is 23.7 Å². The number of anilines is 1. The van der Waals surface area contributed by atoms with Crippen LogP contribution in [0.4, 0.5) is 5.69 Å². The zero-order chi connectivity index (χ0) is 13.6. The Morgan fingerprint density at radius 3 is 2.21 bits per heavy atom. The summed E-state index contributed by atoms with van der Waals surface area (Å²) in [7, 11) is 0. The summed E-state index contributed by atoms with van der Waals surface area (Å²) in [6.07, 6.45) is 5.28.